The summed E-state index contributed by atoms with van der Waals surface area (Å²) < 4.78 is 1.18. The van der Waals surface area contributed by atoms with Crippen molar-refractivity contribution in [3.05, 3.63) is 59.7 Å². The number of para-hydroxylation sites is 1. The molecule has 0 aliphatic rings. The van der Waals surface area contributed by atoms with Gasteiger partial charge >= 0.3 is 0 Å². The van der Waals surface area contributed by atoms with Crippen LogP contribution >= 0.6 is 11.3 Å². The molecular weight excluding hydrogens is 396 g/mol. The second kappa shape index (κ2) is 10.6. The molecular formula is C22H28N6OS. The minimum Gasteiger partial charge on any atom is -0.360 e. The van der Waals surface area contributed by atoms with Crippen LogP contribution in [0.2, 0.25) is 0 Å². The van der Waals surface area contributed by atoms with Gasteiger partial charge in [-0.3, -0.25) is 4.79 Å². The highest BCUT2D eigenvalue weighted by Crippen LogP contribution is 2.24. The number of fused-ring (bicyclic) bond motifs is 1. The van der Waals surface area contributed by atoms with Gasteiger partial charge in [-0.05, 0) is 36.8 Å². The van der Waals surface area contributed by atoms with E-state index >= 15 is 0 Å². The van der Waals surface area contributed by atoms with Gasteiger partial charge in [-0.2, -0.15) is 0 Å². The third-order valence-corrected chi connectivity index (χ3v) is 5.35. The van der Waals surface area contributed by atoms with E-state index in [1.807, 2.05) is 49.4 Å². The molecule has 1 heterocycles. The van der Waals surface area contributed by atoms with Crippen LogP contribution in [0.25, 0.3) is 10.2 Å². The third kappa shape index (κ3) is 5.93. The van der Waals surface area contributed by atoms with Gasteiger partial charge in [-0.15, -0.1) is 0 Å². The maximum Gasteiger partial charge on any atom is 0.253 e. The Morgan fingerprint density at radius 1 is 1.07 bits per heavy atom. The van der Waals surface area contributed by atoms with Crippen molar-refractivity contribution in [1.29, 1.82) is 0 Å². The molecule has 7 nitrogen and oxygen atoms in total. The average molecular weight is 425 g/mol. The number of aromatic nitrogens is 1. The zero-order chi connectivity index (χ0) is 21.3. The molecule has 1 amide bonds. The second-order valence-electron chi connectivity index (χ2n) is 6.93. The Kier molecular flexibility index (Phi) is 7.62. The van der Waals surface area contributed by atoms with Gasteiger partial charge in [0.05, 0.1) is 16.8 Å². The molecule has 2 aromatic carbocycles. The highest BCUT2D eigenvalue weighted by molar-refractivity contribution is 7.22. The Morgan fingerprint density at radius 2 is 1.83 bits per heavy atom. The van der Waals surface area contributed by atoms with Crippen LogP contribution in [0, 0.1) is 0 Å². The van der Waals surface area contributed by atoms with E-state index in [9.17, 15) is 4.79 Å². The fourth-order valence-electron chi connectivity index (χ4n) is 2.82. The van der Waals surface area contributed by atoms with Gasteiger partial charge in [0.25, 0.3) is 5.91 Å². The predicted molar refractivity (Wildman–Crippen MR) is 125 cm³/mol. The molecule has 30 heavy (non-hydrogen) atoms. The van der Waals surface area contributed by atoms with Gasteiger partial charge in [0, 0.05) is 39.3 Å². The lowest BCUT2D eigenvalue weighted by Gasteiger charge is -2.12. The van der Waals surface area contributed by atoms with Gasteiger partial charge in [-0.25, -0.2) is 9.98 Å². The number of carbonyl (C=O) groups is 1. The first-order chi connectivity index (χ1) is 14.6. The van der Waals surface area contributed by atoms with Crippen molar-refractivity contribution in [2.75, 3.05) is 39.0 Å². The van der Waals surface area contributed by atoms with E-state index in [2.05, 4.69) is 32.0 Å². The Morgan fingerprint density at radius 3 is 2.53 bits per heavy atom. The molecule has 0 aliphatic heterocycles. The highest BCUT2D eigenvalue weighted by atomic mass is 32.1. The summed E-state index contributed by atoms with van der Waals surface area (Å²) in [4.78, 5) is 22.8. The minimum absolute atomic E-state index is 0.000633. The molecule has 158 valence electrons. The molecule has 0 aliphatic carbocycles. The summed E-state index contributed by atoms with van der Waals surface area (Å²) in [5, 5.41) is 10.9. The standard InChI is InChI=1S/C22H28N6OS/c1-4-23-21(26-15-16-9-11-17(12-10-16)20(29)28(2)3)24-13-14-25-22-27-18-7-5-6-8-19(18)30-22/h5-12H,4,13-15H2,1-3H3,(H,25,27)(H2,23,24,26). The summed E-state index contributed by atoms with van der Waals surface area (Å²) in [6.45, 7) is 4.83. The van der Waals surface area contributed by atoms with Crippen LogP contribution in [0.3, 0.4) is 0 Å². The Balaban J connectivity index is 1.49. The molecule has 0 bridgehead atoms. The molecule has 3 aromatic rings. The van der Waals surface area contributed by atoms with Gasteiger partial charge in [0.2, 0.25) is 0 Å². The number of benzene rings is 2. The molecule has 0 saturated heterocycles. The van der Waals surface area contributed by atoms with Crippen molar-refractivity contribution in [2.24, 2.45) is 4.99 Å². The zero-order valence-electron chi connectivity index (χ0n) is 17.6. The number of nitrogens with zero attached hydrogens (tertiary/aromatic N) is 3. The van der Waals surface area contributed by atoms with E-state index in [1.54, 1.807) is 30.3 Å². The van der Waals surface area contributed by atoms with Crippen LogP contribution in [-0.2, 0) is 6.54 Å². The van der Waals surface area contributed by atoms with Crippen molar-refractivity contribution in [2.45, 2.75) is 13.5 Å². The molecule has 0 radical (unpaired) electrons. The summed E-state index contributed by atoms with van der Waals surface area (Å²) in [6.07, 6.45) is 0. The van der Waals surface area contributed by atoms with Crippen molar-refractivity contribution >= 4 is 38.6 Å². The van der Waals surface area contributed by atoms with E-state index in [-0.39, 0.29) is 5.91 Å². The first kappa shape index (κ1) is 21.6. The average Bonchev–Trinajstić information content (AvgIpc) is 3.17. The van der Waals surface area contributed by atoms with Gasteiger partial charge in [-0.1, -0.05) is 35.6 Å². The fraction of sp³-hybridized carbons (Fsp3) is 0.318. The monoisotopic (exact) mass is 424 g/mol. The number of rotatable bonds is 8. The third-order valence-electron chi connectivity index (χ3n) is 4.36. The number of carbonyl (C=O) groups excluding carboxylic acids is 1. The molecule has 0 fully saturated rings. The van der Waals surface area contributed by atoms with Gasteiger partial charge < -0.3 is 20.9 Å². The maximum absolute atomic E-state index is 12.0. The first-order valence-electron chi connectivity index (χ1n) is 9.99. The van der Waals surface area contributed by atoms with Crippen LogP contribution in [0.1, 0.15) is 22.8 Å². The smallest absolute Gasteiger partial charge is 0.253 e. The molecule has 1 aromatic heterocycles. The number of thiazole rings is 1. The van der Waals surface area contributed by atoms with Gasteiger partial charge in [0.15, 0.2) is 11.1 Å². The Labute approximate surface area is 181 Å². The van der Waals surface area contributed by atoms with Crippen molar-refractivity contribution in [1.82, 2.24) is 20.5 Å². The maximum atomic E-state index is 12.0. The van der Waals surface area contributed by atoms with Crippen LogP contribution in [0.15, 0.2) is 53.5 Å². The lowest BCUT2D eigenvalue weighted by atomic mass is 10.1. The van der Waals surface area contributed by atoms with Gasteiger partial charge in [0.1, 0.15) is 0 Å². The van der Waals surface area contributed by atoms with E-state index in [0.29, 0.717) is 12.1 Å². The SMILES string of the molecule is CCNC(=NCc1ccc(C(=O)N(C)C)cc1)NCCNc1nc2ccccc2s1. The molecule has 0 unspecified atom stereocenters. The normalized spacial score (nSPS) is 11.4. The summed E-state index contributed by atoms with van der Waals surface area (Å²) >= 11 is 1.66. The number of guanidine groups is 1. The predicted octanol–water partition coefficient (Wildman–Crippen LogP) is 3.17. The summed E-state index contributed by atoms with van der Waals surface area (Å²) in [7, 11) is 3.50. The second-order valence-corrected chi connectivity index (χ2v) is 7.96. The van der Waals surface area contributed by atoms with E-state index in [0.717, 1.165) is 41.8 Å². The number of hydrogen-bond acceptors (Lipinski definition) is 5. The van der Waals surface area contributed by atoms with E-state index < -0.39 is 0 Å². The lowest BCUT2D eigenvalue weighted by Crippen LogP contribution is -2.39. The van der Waals surface area contributed by atoms with Crippen molar-refractivity contribution in [3.8, 4) is 0 Å². The molecule has 3 rings (SSSR count). The highest BCUT2D eigenvalue weighted by Gasteiger charge is 2.07. The summed E-state index contributed by atoms with van der Waals surface area (Å²) in [5.74, 6) is 0.762. The van der Waals surface area contributed by atoms with Crippen LogP contribution in [0.4, 0.5) is 5.13 Å². The van der Waals surface area contributed by atoms with Crippen molar-refractivity contribution < 1.29 is 4.79 Å². The Bertz CT molecular complexity index is 963. The first-order valence-corrected chi connectivity index (χ1v) is 10.8. The van der Waals surface area contributed by atoms with E-state index in [4.69, 9.17) is 0 Å². The summed E-state index contributed by atoms with van der Waals surface area (Å²) in [5.41, 5.74) is 2.75. The van der Waals surface area contributed by atoms with E-state index in [1.165, 1.54) is 4.70 Å². The van der Waals surface area contributed by atoms with Crippen LogP contribution in [-0.4, -0.2) is 55.5 Å². The topological polar surface area (TPSA) is 81.7 Å². The molecule has 3 N–H and O–H groups in total. The minimum atomic E-state index is 0.000633. The van der Waals surface area contributed by atoms with Crippen LogP contribution in [0.5, 0.6) is 0 Å². The zero-order valence-corrected chi connectivity index (χ0v) is 18.4. The fourth-order valence-corrected chi connectivity index (χ4v) is 3.71. The number of nitrogens with one attached hydrogen (secondary N) is 3. The molecule has 0 saturated carbocycles. The number of anilines is 1. The quantitative estimate of drug-likeness (QED) is 0.294. The van der Waals surface area contributed by atoms with Crippen LogP contribution < -0.4 is 16.0 Å². The summed E-state index contributed by atoms with van der Waals surface area (Å²) in [6, 6.07) is 15.7. The number of aliphatic imine (C=N–C) groups is 1. The number of hydrogen-bond donors (Lipinski definition) is 3. The number of amides is 1. The lowest BCUT2D eigenvalue weighted by molar-refractivity contribution is 0.0827. The molecule has 0 atom stereocenters. The largest absolute Gasteiger partial charge is 0.360 e. The molecule has 0 spiro atoms. The Hall–Kier alpha value is -3.13. The molecule has 8 heteroatoms. The van der Waals surface area contributed by atoms with Crippen molar-refractivity contribution in [3.63, 3.8) is 0 Å².